The number of hydrogen-bond donors (Lipinski definition) is 1. The first-order chi connectivity index (χ1) is 10.3. The first-order valence-electron chi connectivity index (χ1n) is 8.42. The van der Waals surface area contributed by atoms with Gasteiger partial charge in [0.1, 0.15) is 6.17 Å². The highest BCUT2D eigenvalue weighted by atomic mass is 16.2. The SMILES string of the molecule is O=C1N(CCC2CC2)C(c2ccccc2)NC12CCCC2. The van der Waals surface area contributed by atoms with Gasteiger partial charge in [-0.25, -0.2) is 0 Å². The number of benzene rings is 1. The number of rotatable bonds is 4. The lowest BCUT2D eigenvalue weighted by Crippen LogP contribution is -2.44. The van der Waals surface area contributed by atoms with E-state index in [1.54, 1.807) is 0 Å². The molecule has 2 saturated carbocycles. The van der Waals surface area contributed by atoms with Crippen molar-refractivity contribution in [3.8, 4) is 0 Å². The van der Waals surface area contributed by atoms with Gasteiger partial charge in [0.25, 0.3) is 0 Å². The van der Waals surface area contributed by atoms with E-state index in [1.807, 2.05) is 6.07 Å². The average molecular weight is 284 g/mol. The van der Waals surface area contributed by atoms with Gasteiger partial charge in [-0.3, -0.25) is 10.1 Å². The molecule has 3 nitrogen and oxygen atoms in total. The van der Waals surface area contributed by atoms with E-state index in [-0.39, 0.29) is 11.7 Å². The van der Waals surface area contributed by atoms with Crippen molar-refractivity contribution >= 4 is 5.91 Å². The molecule has 1 aromatic rings. The molecule has 1 aliphatic heterocycles. The Hall–Kier alpha value is -1.35. The van der Waals surface area contributed by atoms with Crippen molar-refractivity contribution in [1.29, 1.82) is 0 Å². The molecule has 1 atom stereocenters. The summed E-state index contributed by atoms with van der Waals surface area (Å²) in [7, 11) is 0. The fourth-order valence-corrected chi connectivity index (χ4v) is 3.99. The van der Waals surface area contributed by atoms with Crippen molar-refractivity contribution in [2.75, 3.05) is 6.54 Å². The summed E-state index contributed by atoms with van der Waals surface area (Å²) in [5.41, 5.74) is 0.967. The summed E-state index contributed by atoms with van der Waals surface area (Å²) in [4.78, 5) is 15.1. The maximum atomic E-state index is 13.0. The third kappa shape index (κ3) is 2.38. The summed E-state index contributed by atoms with van der Waals surface area (Å²) in [6.07, 6.45) is 8.34. The van der Waals surface area contributed by atoms with E-state index < -0.39 is 0 Å². The highest BCUT2D eigenvalue weighted by Crippen LogP contribution is 2.42. The predicted molar refractivity (Wildman–Crippen MR) is 82.6 cm³/mol. The molecule has 3 aliphatic rings. The summed E-state index contributed by atoms with van der Waals surface area (Å²) < 4.78 is 0. The van der Waals surface area contributed by atoms with Gasteiger partial charge in [-0.05, 0) is 30.7 Å². The third-order valence-corrected chi connectivity index (χ3v) is 5.44. The minimum Gasteiger partial charge on any atom is -0.321 e. The molecule has 2 aliphatic carbocycles. The summed E-state index contributed by atoms with van der Waals surface area (Å²) in [5.74, 6) is 1.23. The predicted octanol–water partition coefficient (Wildman–Crippen LogP) is 3.23. The number of nitrogens with zero attached hydrogens (tertiary/aromatic N) is 1. The van der Waals surface area contributed by atoms with Gasteiger partial charge in [-0.1, -0.05) is 56.0 Å². The number of carbonyl (C=O) groups excluding carboxylic acids is 1. The minimum absolute atomic E-state index is 0.0792. The molecule has 1 saturated heterocycles. The molecule has 1 aromatic carbocycles. The molecule has 21 heavy (non-hydrogen) atoms. The Morgan fingerprint density at radius 2 is 1.86 bits per heavy atom. The van der Waals surface area contributed by atoms with Crippen LogP contribution in [0.1, 0.15) is 56.7 Å². The molecule has 1 N–H and O–H groups in total. The number of amides is 1. The van der Waals surface area contributed by atoms with E-state index in [0.29, 0.717) is 5.91 Å². The van der Waals surface area contributed by atoms with Crippen molar-refractivity contribution in [1.82, 2.24) is 10.2 Å². The van der Waals surface area contributed by atoms with Crippen LogP contribution in [-0.2, 0) is 4.79 Å². The molecule has 3 fully saturated rings. The first-order valence-corrected chi connectivity index (χ1v) is 8.42. The van der Waals surface area contributed by atoms with Gasteiger partial charge in [-0.15, -0.1) is 0 Å². The fourth-order valence-electron chi connectivity index (χ4n) is 3.99. The number of nitrogens with one attached hydrogen (secondary N) is 1. The lowest BCUT2D eigenvalue weighted by Gasteiger charge is -2.24. The highest BCUT2D eigenvalue weighted by Gasteiger charge is 2.52. The van der Waals surface area contributed by atoms with E-state index in [4.69, 9.17) is 0 Å². The monoisotopic (exact) mass is 284 g/mol. The van der Waals surface area contributed by atoms with Crippen LogP contribution >= 0.6 is 0 Å². The molecular formula is C18H24N2O. The molecular weight excluding hydrogens is 260 g/mol. The van der Waals surface area contributed by atoms with Crippen LogP contribution in [0.5, 0.6) is 0 Å². The van der Waals surface area contributed by atoms with Crippen LogP contribution in [0.3, 0.4) is 0 Å². The Kier molecular flexibility index (Phi) is 3.26. The van der Waals surface area contributed by atoms with E-state index in [0.717, 1.165) is 25.3 Å². The van der Waals surface area contributed by atoms with Crippen LogP contribution in [0.4, 0.5) is 0 Å². The Morgan fingerprint density at radius 1 is 1.14 bits per heavy atom. The molecule has 0 radical (unpaired) electrons. The largest absolute Gasteiger partial charge is 0.321 e. The summed E-state index contributed by atoms with van der Waals surface area (Å²) in [6.45, 7) is 0.914. The summed E-state index contributed by atoms with van der Waals surface area (Å²) in [6, 6.07) is 10.5. The average Bonchev–Trinajstić information content (AvgIpc) is 3.16. The Morgan fingerprint density at radius 3 is 2.52 bits per heavy atom. The molecule has 1 heterocycles. The highest BCUT2D eigenvalue weighted by molar-refractivity contribution is 5.89. The quantitative estimate of drug-likeness (QED) is 0.920. The van der Waals surface area contributed by atoms with Gasteiger partial charge in [-0.2, -0.15) is 0 Å². The molecule has 4 rings (SSSR count). The fraction of sp³-hybridized carbons (Fsp3) is 0.611. The van der Waals surface area contributed by atoms with Crippen molar-refractivity contribution < 1.29 is 4.79 Å². The zero-order chi connectivity index (χ0) is 14.3. The second kappa shape index (κ2) is 5.13. The Labute approximate surface area is 126 Å². The van der Waals surface area contributed by atoms with Gasteiger partial charge in [0.15, 0.2) is 0 Å². The number of carbonyl (C=O) groups is 1. The van der Waals surface area contributed by atoms with Crippen molar-refractivity contribution in [2.24, 2.45) is 5.92 Å². The van der Waals surface area contributed by atoms with Crippen molar-refractivity contribution in [3.05, 3.63) is 35.9 Å². The van der Waals surface area contributed by atoms with E-state index in [2.05, 4.69) is 34.5 Å². The zero-order valence-corrected chi connectivity index (χ0v) is 12.6. The molecule has 112 valence electrons. The van der Waals surface area contributed by atoms with Crippen LogP contribution in [0.2, 0.25) is 0 Å². The normalized spacial score (nSPS) is 27.7. The van der Waals surface area contributed by atoms with E-state index in [9.17, 15) is 4.79 Å². The maximum Gasteiger partial charge on any atom is 0.244 e. The van der Waals surface area contributed by atoms with Gasteiger partial charge >= 0.3 is 0 Å². The van der Waals surface area contributed by atoms with E-state index in [1.165, 1.54) is 37.7 Å². The Bertz CT molecular complexity index is 517. The van der Waals surface area contributed by atoms with Crippen LogP contribution in [-0.4, -0.2) is 22.9 Å². The van der Waals surface area contributed by atoms with Gasteiger partial charge in [0.05, 0.1) is 5.54 Å². The number of hydrogen-bond acceptors (Lipinski definition) is 2. The lowest BCUT2D eigenvalue weighted by atomic mass is 9.98. The van der Waals surface area contributed by atoms with Crippen molar-refractivity contribution in [2.45, 2.75) is 56.7 Å². The lowest BCUT2D eigenvalue weighted by molar-refractivity contribution is -0.133. The Balaban J connectivity index is 1.60. The first kappa shape index (κ1) is 13.3. The maximum absolute atomic E-state index is 13.0. The zero-order valence-electron chi connectivity index (χ0n) is 12.6. The van der Waals surface area contributed by atoms with Crippen LogP contribution in [0.25, 0.3) is 0 Å². The molecule has 1 spiro atoms. The van der Waals surface area contributed by atoms with Crippen LogP contribution < -0.4 is 5.32 Å². The minimum atomic E-state index is -0.260. The van der Waals surface area contributed by atoms with Gasteiger partial charge in [0.2, 0.25) is 5.91 Å². The molecule has 1 amide bonds. The molecule has 1 unspecified atom stereocenters. The second-order valence-corrected chi connectivity index (χ2v) is 6.98. The topological polar surface area (TPSA) is 32.3 Å². The summed E-state index contributed by atoms with van der Waals surface area (Å²) in [5, 5.41) is 3.70. The van der Waals surface area contributed by atoms with E-state index >= 15 is 0 Å². The van der Waals surface area contributed by atoms with Gasteiger partial charge in [0, 0.05) is 6.54 Å². The molecule has 3 heteroatoms. The van der Waals surface area contributed by atoms with Gasteiger partial charge < -0.3 is 4.90 Å². The summed E-state index contributed by atoms with van der Waals surface area (Å²) >= 11 is 0. The molecule has 0 bridgehead atoms. The smallest absolute Gasteiger partial charge is 0.244 e. The third-order valence-electron chi connectivity index (χ3n) is 5.44. The van der Waals surface area contributed by atoms with Crippen LogP contribution in [0.15, 0.2) is 30.3 Å². The second-order valence-electron chi connectivity index (χ2n) is 6.98. The standard InChI is InChI=1S/C18H24N2O/c21-17-18(11-4-5-12-18)19-16(15-6-2-1-3-7-15)20(17)13-10-14-8-9-14/h1-3,6-7,14,16,19H,4-5,8-13H2. The van der Waals surface area contributed by atoms with Crippen LogP contribution in [0, 0.1) is 5.92 Å². The molecule has 0 aromatic heterocycles. The van der Waals surface area contributed by atoms with Crippen molar-refractivity contribution in [3.63, 3.8) is 0 Å².